The number of hydrogen-bond donors (Lipinski definition) is 2. The number of thiazole rings is 1. The Hall–Kier alpha value is -2.93. The van der Waals surface area contributed by atoms with Gasteiger partial charge in [0.2, 0.25) is 0 Å². The molecule has 0 atom stereocenters. The quantitative estimate of drug-likeness (QED) is 0.676. The van der Waals surface area contributed by atoms with Crippen molar-refractivity contribution in [1.82, 2.24) is 20.3 Å². The van der Waals surface area contributed by atoms with E-state index in [4.69, 9.17) is 5.41 Å². The zero-order valence-electron chi connectivity index (χ0n) is 12.6. The van der Waals surface area contributed by atoms with Crippen molar-refractivity contribution in [3.63, 3.8) is 0 Å². The molecular weight excluding hydrogens is 325 g/mol. The number of nitrogens with zero attached hydrogens (tertiary/aromatic N) is 3. The first kappa shape index (κ1) is 15.9. The monoisotopic (exact) mass is 339 g/mol. The fourth-order valence-corrected chi connectivity index (χ4v) is 2.65. The number of benzene rings is 1. The molecule has 3 rings (SSSR count). The topological polar surface area (TPSA) is 74.6 Å². The van der Waals surface area contributed by atoms with Gasteiger partial charge < -0.3 is 5.32 Å². The molecule has 1 aromatic carbocycles. The van der Waals surface area contributed by atoms with Crippen LogP contribution in [0.25, 0.3) is 5.70 Å². The summed E-state index contributed by atoms with van der Waals surface area (Å²) in [5.74, 6) is 0.0456. The van der Waals surface area contributed by atoms with Crippen LogP contribution in [0.1, 0.15) is 16.4 Å². The summed E-state index contributed by atoms with van der Waals surface area (Å²) < 4.78 is 13.8. The third-order valence-corrected chi connectivity index (χ3v) is 3.99. The van der Waals surface area contributed by atoms with Gasteiger partial charge in [-0.1, -0.05) is 18.2 Å². The Morgan fingerprint density at radius 1 is 1.12 bits per heavy atom. The molecule has 0 aliphatic carbocycles. The second-order valence-electron chi connectivity index (χ2n) is 4.83. The number of allylic oxidation sites excluding steroid dienone is 1. The molecule has 24 heavy (non-hydrogen) atoms. The maximum Gasteiger partial charge on any atom is 0.177 e. The molecule has 0 unspecified atom stereocenters. The Kier molecular flexibility index (Phi) is 5.02. The highest BCUT2D eigenvalue weighted by molar-refractivity contribution is 7.10. The van der Waals surface area contributed by atoms with E-state index in [1.54, 1.807) is 48.9 Å². The maximum atomic E-state index is 13.8. The summed E-state index contributed by atoms with van der Waals surface area (Å²) in [5, 5.41) is 13.9. The van der Waals surface area contributed by atoms with Gasteiger partial charge in [-0.3, -0.25) is 5.41 Å². The molecular formula is C17H14FN5S. The summed E-state index contributed by atoms with van der Waals surface area (Å²) in [7, 11) is 0. The highest BCUT2D eigenvalue weighted by Crippen LogP contribution is 2.16. The van der Waals surface area contributed by atoms with Crippen LogP contribution in [0, 0.1) is 11.2 Å². The van der Waals surface area contributed by atoms with Crippen molar-refractivity contribution in [2.75, 3.05) is 0 Å². The number of rotatable bonds is 6. The summed E-state index contributed by atoms with van der Waals surface area (Å²) in [6, 6.07) is 8.27. The Morgan fingerprint density at radius 3 is 2.62 bits per heavy atom. The van der Waals surface area contributed by atoms with E-state index in [9.17, 15) is 4.39 Å². The standard InChI is InChI=1S/C17H14FN5S/c18-13-5-2-1-4-12(13)11-23-15(17-22-8-9-24-17)10-14(19)16-20-6-3-7-21-16/h1-10,19,23H,11H2/b15-10-,19-14?. The van der Waals surface area contributed by atoms with Gasteiger partial charge >= 0.3 is 0 Å². The first-order valence-corrected chi connectivity index (χ1v) is 8.07. The number of nitrogens with one attached hydrogen (secondary N) is 2. The van der Waals surface area contributed by atoms with E-state index in [2.05, 4.69) is 20.3 Å². The van der Waals surface area contributed by atoms with E-state index in [0.29, 0.717) is 28.6 Å². The molecule has 0 amide bonds. The Morgan fingerprint density at radius 2 is 1.92 bits per heavy atom. The smallest absolute Gasteiger partial charge is 0.177 e. The molecule has 0 radical (unpaired) electrons. The molecule has 0 saturated heterocycles. The fourth-order valence-electron chi connectivity index (χ4n) is 2.02. The van der Waals surface area contributed by atoms with Crippen LogP contribution in [0.4, 0.5) is 4.39 Å². The molecule has 0 aliphatic rings. The molecule has 2 N–H and O–H groups in total. The normalized spacial score (nSPS) is 11.3. The first-order valence-electron chi connectivity index (χ1n) is 7.19. The van der Waals surface area contributed by atoms with Crippen LogP contribution in [0.15, 0.2) is 60.4 Å². The van der Waals surface area contributed by atoms with Gasteiger partial charge in [-0.15, -0.1) is 11.3 Å². The van der Waals surface area contributed by atoms with Crippen molar-refractivity contribution in [1.29, 1.82) is 5.41 Å². The minimum absolute atomic E-state index is 0.154. The van der Waals surface area contributed by atoms with E-state index in [1.807, 2.05) is 5.38 Å². The molecule has 5 nitrogen and oxygen atoms in total. The minimum atomic E-state index is -0.273. The third-order valence-electron chi connectivity index (χ3n) is 3.19. The highest BCUT2D eigenvalue weighted by Gasteiger charge is 2.09. The van der Waals surface area contributed by atoms with E-state index >= 15 is 0 Å². The van der Waals surface area contributed by atoms with Crippen LogP contribution in [-0.2, 0) is 6.54 Å². The summed E-state index contributed by atoms with van der Waals surface area (Å²) in [4.78, 5) is 12.4. The largest absolute Gasteiger partial charge is 0.378 e. The van der Waals surface area contributed by atoms with Gasteiger partial charge in [0.1, 0.15) is 16.5 Å². The fraction of sp³-hybridized carbons (Fsp3) is 0.0588. The average Bonchev–Trinajstić information content (AvgIpc) is 3.15. The Balaban J connectivity index is 1.83. The number of hydrogen-bond acceptors (Lipinski definition) is 6. The SMILES string of the molecule is N=C(/C=C(\NCc1ccccc1F)c1nccs1)c1ncccn1. The lowest BCUT2D eigenvalue weighted by atomic mass is 10.2. The molecule has 0 aliphatic heterocycles. The van der Waals surface area contributed by atoms with Crippen LogP contribution in [-0.4, -0.2) is 20.7 Å². The molecule has 120 valence electrons. The second kappa shape index (κ2) is 7.56. The zero-order chi connectivity index (χ0) is 16.8. The van der Waals surface area contributed by atoms with Crippen LogP contribution < -0.4 is 5.32 Å². The maximum absolute atomic E-state index is 13.8. The molecule has 3 aromatic rings. The lowest BCUT2D eigenvalue weighted by Crippen LogP contribution is -2.15. The Bertz CT molecular complexity index is 846. The van der Waals surface area contributed by atoms with E-state index in [-0.39, 0.29) is 11.5 Å². The summed E-state index contributed by atoms with van der Waals surface area (Å²) >= 11 is 1.43. The molecule has 0 saturated carbocycles. The van der Waals surface area contributed by atoms with Gasteiger partial charge in [0.15, 0.2) is 5.82 Å². The van der Waals surface area contributed by atoms with Crippen molar-refractivity contribution in [2.24, 2.45) is 0 Å². The van der Waals surface area contributed by atoms with Crippen LogP contribution in [0.3, 0.4) is 0 Å². The van der Waals surface area contributed by atoms with Crippen LogP contribution >= 0.6 is 11.3 Å². The van der Waals surface area contributed by atoms with Crippen molar-refractivity contribution in [2.45, 2.75) is 6.54 Å². The predicted octanol–water partition coefficient (Wildman–Crippen LogP) is 3.27. The van der Waals surface area contributed by atoms with Gasteiger partial charge in [0, 0.05) is 36.1 Å². The molecule has 0 bridgehead atoms. The molecule has 2 aromatic heterocycles. The predicted molar refractivity (Wildman–Crippen MR) is 92.2 cm³/mol. The Labute approximate surface area is 142 Å². The van der Waals surface area contributed by atoms with Gasteiger partial charge in [-0.2, -0.15) is 0 Å². The summed E-state index contributed by atoms with van der Waals surface area (Å²) in [5.41, 5.74) is 1.33. The van der Waals surface area contributed by atoms with Crippen LogP contribution in [0.5, 0.6) is 0 Å². The van der Waals surface area contributed by atoms with E-state index < -0.39 is 0 Å². The molecule has 7 heteroatoms. The van der Waals surface area contributed by atoms with Gasteiger partial charge in [-0.05, 0) is 18.2 Å². The second-order valence-corrected chi connectivity index (χ2v) is 5.72. The van der Waals surface area contributed by atoms with Crippen molar-refractivity contribution >= 4 is 22.7 Å². The summed E-state index contributed by atoms with van der Waals surface area (Å²) in [6.07, 6.45) is 6.46. The van der Waals surface area contributed by atoms with Crippen molar-refractivity contribution in [3.8, 4) is 0 Å². The van der Waals surface area contributed by atoms with Crippen LogP contribution in [0.2, 0.25) is 0 Å². The molecule has 0 fully saturated rings. The van der Waals surface area contributed by atoms with Gasteiger partial charge in [-0.25, -0.2) is 19.3 Å². The average molecular weight is 339 g/mol. The van der Waals surface area contributed by atoms with E-state index in [0.717, 1.165) is 0 Å². The van der Waals surface area contributed by atoms with Gasteiger partial charge in [0.25, 0.3) is 0 Å². The number of aromatic nitrogens is 3. The van der Waals surface area contributed by atoms with Gasteiger partial charge in [0.05, 0.1) is 5.70 Å². The lowest BCUT2D eigenvalue weighted by Gasteiger charge is -2.10. The van der Waals surface area contributed by atoms with Crippen molar-refractivity contribution in [3.05, 3.63) is 82.6 Å². The van der Waals surface area contributed by atoms with E-state index in [1.165, 1.54) is 17.4 Å². The van der Waals surface area contributed by atoms with Crippen molar-refractivity contribution < 1.29 is 4.39 Å². The summed E-state index contributed by atoms with van der Waals surface area (Å²) in [6.45, 7) is 0.293. The third kappa shape index (κ3) is 3.88. The first-order chi connectivity index (χ1) is 11.7. The lowest BCUT2D eigenvalue weighted by molar-refractivity contribution is 0.605. The zero-order valence-corrected chi connectivity index (χ0v) is 13.4. The molecule has 2 heterocycles. The molecule has 0 spiro atoms. The minimum Gasteiger partial charge on any atom is -0.378 e. The highest BCUT2D eigenvalue weighted by atomic mass is 32.1. The number of halogens is 1.